The number of halogens is 4. The van der Waals surface area contributed by atoms with Crippen molar-refractivity contribution in [2.75, 3.05) is 9.80 Å². The summed E-state index contributed by atoms with van der Waals surface area (Å²) in [7, 11) is 0. The molecule has 0 N–H and O–H groups in total. The zero-order chi connectivity index (χ0) is 24.7. The van der Waals surface area contributed by atoms with E-state index in [-0.39, 0.29) is 11.8 Å². The molecule has 1 aliphatic rings. The van der Waals surface area contributed by atoms with Gasteiger partial charge in [-0.3, -0.25) is 9.80 Å². The standard InChI is InChI=1S/C25H19ClF3N3O2/c1-24(2)22(17-4-3-5-21(14-17)34-25(27,28)29)31(19-12-8-18(26)9-13-19)23(33)32(24)20-10-6-16(15-30)7-11-20/h3-14,22H,1-2H3/t22-/m0/s1. The molecular formula is C25H19ClF3N3O2. The van der Waals surface area contributed by atoms with Gasteiger partial charge in [0.05, 0.1) is 23.2 Å². The summed E-state index contributed by atoms with van der Waals surface area (Å²) in [6, 6.07) is 19.8. The van der Waals surface area contributed by atoms with E-state index in [0.717, 1.165) is 0 Å². The summed E-state index contributed by atoms with van der Waals surface area (Å²) >= 11 is 6.04. The summed E-state index contributed by atoms with van der Waals surface area (Å²) in [6.07, 6.45) is -4.84. The average Bonchev–Trinajstić information content (AvgIpc) is 2.98. The van der Waals surface area contributed by atoms with Gasteiger partial charge < -0.3 is 4.74 Å². The molecule has 1 fully saturated rings. The maximum Gasteiger partial charge on any atom is 0.573 e. The van der Waals surface area contributed by atoms with E-state index >= 15 is 0 Å². The maximum absolute atomic E-state index is 13.8. The lowest BCUT2D eigenvalue weighted by atomic mass is 9.87. The molecule has 2 amide bonds. The van der Waals surface area contributed by atoms with Gasteiger partial charge in [0, 0.05) is 16.4 Å². The fourth-order valence-electron chi connectivity index (χ4n) is 4.33. The third kappa shape index (κ3) is 4.39. The van der Waals surface area contributed by atoms with E-state index in [1.807, 2.05) is 19.9 Å². The number of carbonyl (C=O) groups excluding carboxylic acids is 1. The van der Waals surface area contributed by atoms with E-state index in [1.165, 1.54) is 23.1 Å². The van der Waals surface area contributed by atoms with Gasteiger partial charge in [0.15, 0.2) is 0 Å². The van der Waals surface area contributed by atoms with Crippen LogP contribution in [0.5, 0.6) is 5.75 Å². The van der Waals surface area contributed by atoms with Gasteiger partial charge in [-0.15, -0.1) is 13.2 Å². The van der Waals surface area contributed by atoms with Crippen LogP contribution in [0.4, 0.5) is 29.3 Å². The predicted molar refractivity (Wildman–Crippen MR) is 123 cm³/mol. The topological polar surface area (TPSA) is 56.6 Å². The normalized spacial score (nSPS) is 17.6. The Morgan fingerprint density at radius 3 is 2.21 bits per heavy atom. The lowest BCUT2D eigenvalue weighted by molar-refractivity contribution is -0.274. The van der Waals surface area contributed by atoms with Crippen LogP contribution in [0.3, 0.4) is 0 Å². The monoisotopic (exact) mass is 485 g/mol. The lowest BCUT2D eigenvalue weighted by Gasteiger charge is -2.35. The summed E-state index contributed by atoms with van der Waals surface area (Å²) in [6.45, 7) is 3.67. The van der Waals surface area contributed by atoms with Gasteiger partial charge in [0.2, 0.25) is 0 Å². The molecule has 1 saturated heterocycles. The van der Waals surface area contributed by atoms with Gasteiger partial charge in [-0.25, -0.2) is 4.79 Å². The van der Waals surface area contributed by atoms with Crippen molar-refractivity contribution in [3.63, 3.8) is 0 Å². The number of nitriles is 1. The molecule has 3 aromatic carbocycles. The lowest BCUT2D eigenvalue weighted by Crippen LogP contribution is -2.43. The molecule has 1 aliphatic heterocycles. The first kappa shape index (κ1) is 23.5. The predicted octanol–water partition coefficient (Wildman–Crippen LogP) is 7.08. The highest BCUT2D eigenvalue weighted by Crippen LogP contribution is 2.48. The Morgan fingerprint density at radius 2 is 1.62 bits per heavy atom. The van der Waals surface area contributed by atoms with Crippen molar-refractivity contribution in [3.05, 3.63) is 88.9 Å². The van der Waals surface area contributed by atoms with Gasteiger partial charge in [-0.2, -0.15) is 5.26 Å². The van der Waals surface area contributed by atoms with Crippen LogP contribution in [0.25, 0.3) is 0 Å². The van der Waals surface area contributed by atoms with Gasteiger partial charge in [0.25, 0.3) is 0 Å². The molecule has 34 heavy (non-hydrogen) atoms. The minimum absolute atomic E-state index is 0.371. The van der Waals surface area contributed by atoms with Crippen molar-refractivity contribution < 1.29 is 22.7 Å². The van der Waals surface area contributed by atoms with Crippen molar-refractivity contribution in [3.8, 4) is 11.8 Å². The SMILES string of the molecule is CC1(C)[C@H](c2cccc(OC(F)(F)F)c2)N(c2ccc(Cl)cc2)C(=O)N1c1ccc(C#N)cc1. The second-order valence-electron chi connectivity index (χ2n) is 8.30. The molecule has 0 aromatic heterocycles. The number of urea groups is 1. The zero-order valence-electron chi connectivity index (χ0n) is 18.2. The Morgan fingerprint density at radius 1 is 1.00 bits per heavy atom. The Balaban J connectivity index is 1.86. The number of benzene rings is 3. The minimum Gasteiger partial charge on any atom is -0.406 e. The Hall–Kier alpha value is -3.70. The largest absolute Gasteiger partial charge is 0.573 e. The number of ether oxygens (including phenoxy) is 1. The molecule has 0 aliphatic carbocycles. The van der Waals surface area contributed by atoms with Crippen LogP contribution < -0.4 is 14.5 Å². The summed E-state index contributed by atoms with van der Waals surface area (Å²) in [5, 5.41) is 9.60. The van der Waals surface area contributed by atoms with E-state index in [2.05, 4.69) is 4.74 Å². The molecule has 5 nitrogen and oxygen atoms in total. The molecule has 4 rings (SSSR count). The van der Waals surface area contributed by atoms with Gasteiger partial charge >= 0.3 is 12.4 Å². The van der Waals surface area contributed by atoms with Crippen LogP contribution >= 0.6 is 11.6 Å². The molecule has 0 radical (unpaired) electrons. The van der Waals surface area contributed by atoms with Crippen molar-refractivity contribution in [1.29, 1.82) is 5.26 Å². The molecule has 1 atom stereocenters. The fourth-order valence-corrected chi connectivity index (χ4v) is 4.46. The number of amides is 2. The summed E-state index contributed by atoms with van der Waals surface area (Å²) in [5.41, 5.74) is 1.09. The average molecular weight is 486 g/mol. The van der Waals surface area contributed by atoms with Gasteiger partial charge in [0.1, 0.15) is 5.75 Å². The number of carbonyl (C=O) groups is 1. The molecule has 0 spiro atoms. The third-order valence-corrected chi connectivity index (χ3v) is 5.92. The van der Waals surface area contributed by atoms with Crippen LogP contribution in [0.1, 0.15) is 31.0 Å². The Labute approximate surface area is 199 Å². The molecule has 0 bridgehead atoms. The first-order valence-electron chi connectivity index (χ1n) is 10.3. The van der Waals surface area contributed by atoms with E-state index in [9.17, 15) is 18.0 Å². The van der Waals surface area contributed by atoms with Crippen LogP contribution in [0.2, 0.25) is 5.02 Å². The first-order valence-corrected chi connectivity index (χ1v) is 10.6. The van der Waals surface area contributed by atoms with E-state index in [1.54, 1.807) is 59.5 Å². The number of anilines is 2. The highest BCUT2D eigenvalue weighted by atomic mass is 35.5. The van der Waals surface area contributed by atoms with Gasteiger partial charge in [-0.05, 0) is 80.1 Å². The fraction of sp³-hybridized carbons (Fsp3) is 0.200. The minimum atomic E-state index is -4.84. The highest BCUT2D eigenvalue weighted by Gasteiger charge is 2.53. The first-order chi connectivity index (χ1) is 16.0. The van der Waals surface area contributed by atoms with Crippen LogP contribution in [0, 0.1) is 11.3 Å². The highest BCUT2D eigenvalue weighted by molar-refractivity contribution is 6.30. The van der Waals surface area contributed by atoms with Crippen molar-refractivity contribution in [2.45, 2.75) is 31.8 Å². The number of hydrogen-bond acceptors (Lipinski definition) is 3. The molecule has 0 unspecified atom stereocenters. The molecule has 174 valence electrons. The van der Waals surface area contributed by atoms with Crippen molar-refractivity contribution in [1.82, 2.24) is 0 Å². The quantitative estimate of drug-likeness (QED) is 0.397. The summed E-state index contributed by atoms with van der Waals surface area (Å²) in [5.74, 6) is -0.374. The van der Waals surface area contributed by atoms with Crippen LogP contribution in [-0.4, -0.2) is 17.9 Å². The number of alkyl halides is 3. The van der Waals surface area contributed by atoms with Gasteiger partial charge in [-0.1, -0.05) is 23.7 Å². The molecular weight excluding hydrogens is 467 g/mol. The van der Waals surface area contributed by atoms with E-state index < -0.39 is 17.9 Å². The molecule has 1 heterocycles. The number of hydrogen-bond donors (Lipinski definition) is 0. The molecule has 9 heteroatoms. The second kappa shape index (κ2) is 8.58. The number of rotatable bonds is 4. The van der Waals surface area contributed by atoms with Crippen molar-refractivity contribution >= 4 is 29.0 Å². The zero-order valence-corrected chi connectivity index (χ0v) is 18.9. The Bertz CT molecular complexity index is 1250. The van der Waals surface area contributed by atoms with E-state index in [4.69, 9.17) is 16.9 Å². The second-order valence-corrected chi connectivity index (χ2v) is 8.74. The maximum atomic E-state index is 13.8. The van der Waals surface area contributed by atoms with Crippen LogP contribution in [-0.2, 0) is 0 Å². The third-order valence-electron chi connectivity index (χ3n) is 5.67. The summed E-state index contributed by atoms with van der Waals surface area (Å²) in [4.78, 5) is 16.9. The van der Waals surface area contributed by atoms with Crippen LogP contribution in [0.15, 0.2) is 72.8 Å². The van der Waals surface area contributed by atoms with Crippen molar-refractivity contribution in [2.24, 2.45) is 0 Å². The molecule has 0 saturated carbocycles. The smallest absolute Gasteiger partial charge is 0.406 e. The summed E-state index contributed by atoms with van der Waals surface area (Å²) < 4.78 is 42.7. The molecule has 3 aromatic rings. The number of nitrogens with zero attached hydrogens (tertiary/aromatic N) is 3. The van der Waals surface area contributed by atoms with E-state index in [0.29, 0.717) is 27.5 Å². The Kier molecular flexibility index (Phi) is 5.92.